The summed E-state index contributed by atoms with van der Waals surface area (Å²) in [5.41, 5.74) is 0.618. The van der Waals surface area contributed by atoms with Crippen LogP contribution in [0.3, 0.4) is 0 Å². The minimum absolute atomic E-state index is 0.0862. The Balaban J connectivity index is 2.18. The van der Waals surface area contributed by atoms with Crippen molar-refractivity contribution in [3.63, 3.8) is 0 Å². The normalized spacial score (nSPS) is 10.9. The fourth-order valence-corrected chi connectivity index (χ4v) is 2.51. The van der Waals surface area contributed by atoms with Crippen molar-refractivity contribution < 1.29 is 18.1 Å². The van der Waals surface area contributed by atoms with Crippen LogP contribution in [0, 0.1) is 10.1 Å². The van der Waals surface area contributed by atoms with E-state index >= 15 is 0 Å². The summed E-state index contributed by atoms with van der Waals surface area (Å²) in [6.07, 6.45) is 0. The first kappa shape index (κ1) is 17.4. The summed E-state index contributed by atoms with van der Waals surface area (Å²) in [4.78, 5) is 22.4. The standard InChI is InChI=1S/C15H15N3O5S/c1-2-24(22,23)17-13-7-3-5-11(9-13)15(19)16-12-6-4-8-14(10-12)18(20)21/h3-10,17H,2H2,1H3,(H,16,19). The van der Waals surface area contributed by atoms with Crippen molar-refractivity contribution in [1.29, 1.82) is 0 Å². The van der Waals surface area contributed by atoms with Gasteiger partial charge in [0.25, 0.3) is 11.6 Å². The van der Waals surface area contributed by atoms with Crippen LogP contribution in [0.2, 0.25) is 0 Å². The molecule has 0 bridgehead atoms. The molecule has 8 nitrogen and oxygen atoms in total. The molecule has 24 heavy (non-hydrogen) atoms. The number of nitro benzene ring substituents is 1. The monoisotopic (exact) mass is 349 g/mol. The minimum Gasteiger partial charge on any atom is -0.322 e. The van der Waals surface area contributed by atoms with Crippen LogP contribution in [0.25, 0.3) is 0 Å². The fourth-order valence-electron chi connectivity index (χ4n) is 1.88. The van der Waals surface area contributed by atoms with Crippen molar-refractivity contribution in [3.05, 3.63) is 64.2 Å². The van der Waals surface area contributed by atoms with Gasteiger partial charge in [-0.05, 0) is 31.2 Å². The average molecular weight is 349 g/mol. The number of non-ortho nitro benzene ring substituents is 1. The smallest absolute Gasteiger partial charge is 0.271 e. The third kappa shape index (κ3) is 4.53. The summed E-state index contributed by atoms with van der Waals surface area (Å²) < 4.78 is 25.5. The molecule has 2 aromatic carbocycles. The molecular weight excluding hydrogens is 334 g/mol. The predicted molar refractivity (Wildman–Crippen MR) is 90.6 cm³/mol. The predicted octanol–water partition coefficient (Wildman–Crippen LogP) is 2.61. The molecule has 126 valence electrons. The van der Waals surface area contributed by atoms with Gasteiger partial charge in [-0.15, -0.1) is 0 Å². The van der Waals surface area contributed by atoms with E-state index < -0.39 is 20.9 Å². The number of nitrogens with zero attached hydrogens (tertiary/aromatic N) is 1. The maximum atomic E-state index is 12.2. The van der Waals surface area contributed by atoms with Gasteiger partial charge in [-0.2, -0.15) is 0 Å². The highest BCUT2D eigenvalue weighted by Gasteiger charge is 2.12. The van der Waals surface area contributed by atoms with Gasteiger partial charge in [0.05, 0.1) is 10.7 Å². The molecular formula is C15H15N3O5S. The Bertz CT molecular complexity index is 880. The molecule has 0 aromatic heterocycles. The van der Waals surface area contributed by atoms with Crippen molar-refractivity contribution in [2.24, 2.45) is 0 Å². The topological polar surface area (TPSA) is 118 Å². The van der Waals surface area contributed by atoms with Crippen LogP contribution in [0.15, 0.2) is 48.5 Å². The van der Waals surface area contributed by atoms with Gasteiger partial charge in [0, 0.05) is 29.1 Å². The van der Waals surface area contributed by atoms with Crippen molar-refractivity contribution in [1.82, 2.24) is 0 Å². The fraction of sp³-hybridized carbons (Fsp3) is 0.133. The van der Waals surface area contributed by atoms with Crippen LogP contribution in [0.4, 0.5) is 17.1 Å². The molecule has 0 aliphatic rings. The number of benzene rings is 2. The van der Waals surface area contributed by atoms with Crippen LogP contribution in [0.1, 0.15) is 17.3 Å². The lowest BCUT2D eigenvalue weighted by Crippen LogP contribution is -2.16. The van der Waals surface area contributed by atoms with Gasteiger partial charge in [-0.3, -0.25) is 19.6 Å². The Morgan fingerprint density at radius 3 is 2.46 bits per heavy atom. The molecule has 0 spiro atoms. The van der Waals surface area contributed by atoms with E-state index in [-0.39, 0.29) is 28.4 Å². The molecule has 0 atom stereocenters. The van der Waals surface area contributed by atoms with E-state index in [0.29, 0.717) is 0 Å². The summed E-state index contributed by atoms with van der Waals surface area (Å²) >= 11 is 0. The number of carbonyl (C=O) groups is 1. The number of hydrogen-bond acceptors (Lipinski definition) is 5. The summed E-state index contributed by atoms with van der Waals surface area (Å²) in [7, 11) is -3.45. The van der Waals surface area contributed by atoms with Crippen molar-refractivity contribution >= 4 is 33.0 Å². The number of nitro groups is 1. The second-order valence-corrected chi connectivity index (χ2v) is 6.86. The molecule has 0 fully saturated rings. The molecule has 2 aromatic rings. The van der Waals surface area contributed by atoms with Crippen molar-refractivity contribution in [3.8, 4) is 0 Å². The van der Waals surface area contributed by atoms with Gasteiger partial charge >= 0.3 is 0 Å². The average Bonchev–Trinajstić information content (AvgIpc) is 2.55. The highest BCUT2D eigenvalue weighted by atomic mass is 32.2. The third-order valence-corrected chi connectivity index (χ3v) is 4.40. The molecule has 2 rings (SSSR count). The third-order valence-electron chi connectivity index (χ3n) is 3.09. The van der Waals surface area contributed by atoms with Gasteiger partial charge < -0.3 is 5.32 Å². The Morgan fingerprint density at radius 1 is 1.12 bits per heavy atom. The van der Waals surface area contributed by atoms with E-state index in [0.717, 1.165) is 0 Å². The Kier molecular flexibility index (Phi) is 5.14. The highest BCUT2D eigenvalue weighted by molar-refractivity contribution is 7.92. The summed E-state index contributed by atoms with van der Waals surface area (Å²) in [6.45, 7) is 1.50. The molecule has 9 heteroatoms. The summed E-state index contributed by atoms with van der Waals surface area (Å²) in [6, 6.07) is 11.5. The molecule has 0 aliphatic heterocycles. The van der Waals surface area contributed by atoms with Crippen LogP contribution in [-0.2, 0) is 10.0 Å². The molecule has 2 N–H and O–H groups in total. The van der Waals surface area contributed by atoms with Crippen LogP contribution >= 0.6 is 0 Å². The molecule has 0 saturated heterocycles. The molecule has 0 radical (unpaired) electrons. The Labute approximate surface area is 138 Å². The van der Waals surface area contributed by atoms with E-state index in [4.69, 9.17) is 0 Å². The van der Waals surface area contributed by atoms with Crippen LogP contribution < -0.4 is 10.0 Å². The maximum absolute atomic E-state index is 12.2. The number of nitrogens with one attached hydrogen (secondary N) is 2. The largest absolute Gasteiger partial charge is 0.322 e. The molecule has 0 heterocycles. The lowest BCUT2D eigenvalue weighted by molar-refractivity contribution is -0.384. The lowest BCUT2D eigenvalue weighted by Gasteiger charge is -2.09. The zero-order valence-electron chi connectivity index (χ0n) is 12.7. The number of rotatable bonds is 6. The zero-order chi connectivity index (χ0) is 17.7. The van der Waals surface area contributed by atoms with Gasteiger partial charge in [0.1, 0.15) is 0 Å². The van der Waals surface area contributed by atoms with E-state index in [1.54, 1.807) is 0 Å². The summed E-state index contributed by atoms with van der Waals surface area (Å²) in [5.74, 6) is -0.593. The number of amides is 1. The second kappa shape index (κ2) is 7.09. The number of hydrogen-bond donors (Lipinski definition) is 2. The van der Waals surface area contributed by atoms with Crippen LogP contribution in [0.5, 0.6) is 0 Å². The van der Waals surface area contributed by atoms with Gasteiger partial charge in [0.2, 0.25) is 10.0 Å². The van der Waals surface area contributed by atoms with Crippen molar-refractivity contribution in [2.75, 3.05) is 15.8 Å². The molecule has 0 saturated carbocycles. The van der Waals surface area contributed by atoms with E-state index in [1.165, 1.54) is 55.5 Å². The minimum atomic E-state index is -3.45. The van der Waals surface area contributed by atoms with Gasteiger partial charge in [0.15, 0.2) is 0 Å². The molecule has 0 aliphatic carbocycles. The number of sulfonamides is 1. The number of anilines is 2. The van der Waals surface area contributed by atoms with Crippen molar-refractivity contribution in [2.45, 2.75) is 6.92 Å². The Morgan fingerprint density at radius 2 is 1.79 bits per heavy atom. The maximum Gasteiger partial charge on any atom is 0.271 e. The molecule has 1 amide bonds. The Hall–Kier alpha value is -2.94. The quantitative estimate of drug-likeness (QED) is 0.614. The lowest BCUT2D eigenvalue weighted by atomic mass is 10.2. The highest BCUT2D eigenvalue weighted by Crippen LogP contribution is 2.19. The van der Waals surface area contributed by atoms with E-state index in [1.807, 2.05) is 0 Å². The van der Waals surface area contributed by atoms with Gasteiger partial charge in [-0.25, -0.2) is 8.42 Å². The first-order chi connectivity index (χ1) is 11.3. The summed E-state index contributed by atoms with van der Waals surface area (Å²) in [5, 5.41) is 13.3. The number of carbonyl (C=O) groups excluding carboxylic acids is 1. The van der Waals surface area contributed by atoms with Gasteiger partial charge in [-0.1, -0.05) is 12.1 Å². The zero-order valence-corrected chi connectivity index (χ0v) is 13.5. The second-order valence-electron chi connectivity index (χ2n) is 4.85. The molecule has 0 unspecified atom stereocenters. The van der Waals surface area contributed by atoms with E-state index in [2.05, 4.69) is 10.0 Å². The first-order valence-corrected chi connectivity index (χ1v) is 8.62. The SMILES string of the molecule is CCS(=O)(=O)Nc1cccc(C(=O)Nc2cccc([N+](=O)[O-])c2)c1. The van der Waals surface area contributed by atoms with E-state index in [9.17, 15) is 23.3 Å². The van der Waals surface area contributed by atoms with Crippen LogP contribution in [-0.4, -0.2) is 25.0 Å². The first-order valence-electron chi connectivity index (χ1n) is 6.97.